The number of amidine groups is 1. The summed E-state index contributed by atoms with van der Waals surface area (Å²) in [5.41, 5.74) is -0.232. The van der Waals surface area contributed by atoms with Crippen molar-refractivity contribution in [1.29, 1.82) is 0 Å². The first-order valence-electron chi connectivity index (χ1n) is 13.9. The molecule has 1 amide bonds. The first-order valence-corrected chi connectivity index (χ1v) is 13.9. The van der Waals surface area contributed by atoms with E-state index in [0.29, 0.717) is 34.5 Å². The lowest BCUT2D eigenvalue weighted by Gasteiger charge is -2.32. The molecule has 1 unspecified atom stereocenters. The summed E-state index contributed by atoms with van der Waals surface area (Å²) >= 11 is 0. The molecule has 2 aliphatic heterocycles. The smallest absolute Gasteiger partial charge is 0.251 e. The number of oxime groups is 1. The van der Waals surface area contributed by atoms with E-state index in [4.69, 9.17) is 9.72 Å². The summed E-state index contributed by atoms with van der Waals surface area (Å²) in [5.74, 6) is 1.13. The molecule has 12 heteroatoms. The van der Waals surface area contributed by atoms with E-state index >= 15 is 4.39 Å². The number of carbonyl (C=O) groups is 1. The van der Waals surface area contributed by atoms with Crippen LogP contribution in [-0.2, 0) is 0 Å². The monoisotopic (exact) mass is 554 g/mol. The molecule has 2 aromatic rings. The maximum Gasteiger partial charge on any atom is 0.251 e. The average molecular weight is 555 g/mol. The lowest BCUT2D eigenvalue weighted by molar-refractivity contribution is 0.0916. The first kappa shape index (κ1) is 27.9. The van der Waals surface area contributed by atoms with Gasteiger partial charge in [-0.05, 0) is 70.9 Å². The molecule has 40 heavy (non-hydrogen) atoms. The number of hydrogen-bond donors (Lipinski definition) is 3. The van der Waals surface area contributed by atoms with Gasteiger partial charge in [0, 0.05) is 24.7 Å². The Bertz CT molecular complexity index is 1260. The zero-order chi connectivity index (χ0) is 28.4. The van der Waals surface area contributed by atoms with Crippen molar-refractivity contribution in [3.05, 3.63) is 30.0 Å². The quantitative estimate of drug-likeness (QED) is 0.362. The topological polar surface area (TPSA) is 118 Å². The molecule has 1 saturated carbocycles. The Kier molecular flexibility index (Phi) is 7.97. The van der Waals surface area contributed by atoms with Gasteiger partial charge >= 0.3 is 0 Å². The molecule has 3 N–H and O–H groups in total. The van der Waals surface area contributed by atoms with E-state index in [9.17, 15) is 10.0 Å². The fourth-order valence-electron chi connectivity index (χ4n) is 5.97. The van der Waals surface area contributed by atoms with Crippen LogP contribution in [0.1, 0.15) is 55.8 Å². The summed E-state index contributed by atoms with van der Waals surface area (Å²) in [4.78, 5) is 28.0. The van der Waals surface area contributed by atoms with Crippen LogP contribution in [0.4, 0.5) is 27.5 Å². The maximum atomic E-state index is 15.8. The summed E-state index contributed by atoms with van der Waals surface area (Å²) < 4.78 is 21.4. The fraction of sp³-hybridized carbons (Fsp3) is 0.571. The van der Waals surface area contributed by atoms with E-state index in [0.717, 1.165) is 51.6 Å². The number of methoxy groups -OCH3 is 1. The minimum absolute atomic E-state index is 0.00919. The molecule has 3 heterocycles. The lowest BCUT2D eigenvalue weighted by atomic mass is 10.0. The lowest BCUT2D eigenvalue weighted by Crippen LogP contribution is -2.49. The van der Waals surface area contributed by atoms with Gasteiger partial charge in [-0.1, -0.05) is 18.0 Å². The zero-order valence-corrected chi connectivity index (χ0v) is 23.7. The maximum absolute atomic E-state index is 15.8. The van der Waals surface area contributed by atoms with Gasteiger partial charge in [-0.2, -0.15) is 4.98 Å². The van der Waals surface area contributed by atoms with Crippen LogP contribution in [-0.4, -0.2) is 90.4 Å². The second-order valence-corrected chi connectivity index (χ2v) is 11.2. The number of alkyl halides is 1. The Labute approximate surface area is 234 Å². The third-order valence-corrected chi connectivity index (χ3v) is 8.26. The molecule has 1 aromatic carbocycles. The number of fused-ring (bicyclic) bond motifs is 1. The van der Waals surface area contributed by atoms with Crippen LogP contribution in [0.25, 0.3) is 0 Å². The predicted octanol–water partition coefficient (Wildman–Crippen LogP) is 3.77. The summed E-state index contributed by atoms with van der Waals surface area (Å²) in [6, 6.07) is 5.50. The van der Waals surface area contributed by atoms with Gasteiger partial charge in [-0.25, -0.2) is 9.37 Å². The number of likely N-dealkylation sites (tertiary alicyclic amines) is 1. The van der Waals surface area contributed by atoms with Crippen LogP contribution in [0.5, 0.6) is 5.75 Å². The second-order valence-electron chi connectivity index (χ2n) is 11.2. The SMILES string of the molecule is COc1cc(C(=O)NC2CCN(C)CC2)ccc1Nc1ncc2c(n1)N(C1CCCC1)CC(C)(F)/C(=N\O)N2C. The van der Waals surface area contributed by atoms with Crippen molar-refractivity contribution < 1.29 is 19.1 Å². The molecular weight excluding hydrogens is 515 g/mol. The number of nitrogens with one attached hydrogen (secondary N) is 2. The van der Waals surface area contributed by atoms with Crippen molar-refractivity contribution in [3.63, 3.8) is 0 Å². The number of benzene rings is 1. The second kappa shape index (κ2) is 11.4. The Balaban J connectivity index is 1.40. The van der Waals surface area contributed by atoms with Gasteiger partial charge in [0.1, 0.15) is 11.4 Å². The molecule has 216 valence electrons. The van der Waals surface area contributed by atoms with E-state index in [1.54, 1.807) is 38.6 Å². The van der Waals surface area contributed by atoms with Gasteiger partial charge in [0.2, 0.25) is 5.95 Å². The van der Waals surface area contributed by atoms with E-state index in [-0.39, 0.29) is 30.4 Å². The molecule has 2 fully saturated rings. The first-order chi connectivity index (χ1) is 19.2. The van der Waals surface area contributed by atoms with Gasteiger partial charge in [0.05, 0.1) is 25.5 Å². The third kappa shape index (κ3) is 5.63. The Morgan fingerprint density at radius 2 is 1.93 bits per heavy atom. The van der Waals surface area contributed by atoms with Gasteiger partial charge in [-0.3, -0.25) is 4.79 Å². The van der Waals surface area contributed by atoms with Crippen molar-refractivity contribution in [3.8, 4) is 5.75 Å². The normalized spacial score (nSPS) is 23.7. The number of aromatic nitrogens is 2. The Hall–Kier alpha value is -3.67. The molecule has 11 nitrogen and oxygen atoms in total. The number of ether oxygens (including phenoxy) is 1. The Morgan fingerprint density at radius 3 is 2.60 bits per heavy atom. The van der Waals surface area contributed by atoms with Crippen LogP contribution >= 0.6 is 0 Å². The Morgan fingerprint density at radius 1 is 1.20 bits per heavy atom. The van der Waals surface area contributed by atoms with E-state index in [1.165, 1.54) is 11.8 Å². The number of rotatable bonds is 6. The molecule has 1 saturated heterocycles. The van der Waals surface area contributed by atoms with Crippen molar-refractivity contribution in [2.45, 2.75) is 63.2 Å². The van der Waals surface area contributed by atoms with Crippen molar-refractivity contribution in [2.75, 3.05) is 56.0 Å². The van der Waals surface area contributed by atoms with Crippen LogP contribution in [0.2, 0.25) is 0 Å². The molecule has 5 rings (SSSR count). The minimum Gasteiger partial charge on any atom is -0.495 e. The molecule has 3 aliphatic rings. The molecule has 1 aromatic heterocycles. The molecule has 0 bridgehead atoms. The number of anilines is 4. The highest BCUT2D eigenvalue weighted by Gasteiger charge is 2.44. The standard InChI is InChI=1S/C28H39FN8O3/c1-28(29)17-37(20-7-5-6-8-20)24-22(36(3)26(28)34-39)16-30-27(33-24)32-21-10-9-18(15-23(21)40-4)25(38)31-19-11-13-35(2)14-12-19/h9-10,15-16,19-20,39H,5-8,11-14,17H2,1-4H3,(H,31,38)(H,30,32,33)/b34-26+. The molecule has 0 spiro atoms. The summed E-state index contributed by atoms with van der Waals surface area (Å²) in [5, 5.41) is 19.3. The average Bonchev–Trinajstić information content (AvgIpc) is 3.46. The molecular formula is C28H39FN8O3. The predicted molar refractivity (Wildman–Crippen MR) is 153 cm³/mol. The van der Waals surface area contributed by atoms with Gasteiger partial charge in [0.25, 0.3) is 5.91 Å². The zero-order valence-electron chi connectivity index (χ0n) is 23.7. The molecule has 1 aliphatic carbocycles. The highest BCUT2D eigenvalue weighted by atomic mass is 19.1. The number of amides is 1. The minimum atomic E-state index is -1.90. The molecule has 1 atom stereocenters. The summed E-state index contributed by atoms with van der Waals surface area (Å²) in [7, 11) is 5.29. The van der Waals surface area contributed by atoms with Crippen molar-refractivity contribution >= 4 is 34.9 Å². The number of nitrogens with zero attached hydrogens (tertiary/aromatic N) is 6. The molecule has 0 radical (unpaired) electrons. The van der Waals surface area contributed by atoms with E-state index in [2.05, 4.69) is 32.7 Å². The van der Waals surface area contributed by atoms with E-state index < -0.39 is 5.67 Å². The largest absolute Gasteiger partial charge is 0.495 e. The van der Waals surface area contributed by atoms with Gasteiger partial charge in [-0.15, -0.1) is 0 Å². The number of hydrogen-bond acceptors (Lipinski definition) is 9. The number of piperidine rings is 1. The van der Waals surface area contributed by atoms with Gasteiger partial charge in [0.15, 0.2) is 17.3 Å². The van der Waals surface area contributed by atoms with Crippen LogP contribution in [0.3, 0.4) is 0 Å². The number of carbonyl (C=O) groups excluding carboxylic acids is 1. The summed E-state index contributed by atoms with van der Waals surface area (Å²) in [6.45, 7) is 3.36. The van der Waals surface area contributed by atoms with E-state index in [1.807, 2.05) is 4.90 Å². The fourth-order valence-corrected chi connectivity index (χ4v) is 5.97. The highest BCUT2D eigenvalue weighted by Crippen LogP contribution is 2.40. The van der Waals surface area contributed by atoms with Crippen LogP contribution < -0.4 is 25.2 Å². The third-order valence-electron chi connectivity index (χ3n) is 8.26. The van der Waals surface area contributed by atoms with Gasteiger partial charge < -0.3 is 35.3 Å². The van der Waals surface area contributed by atoms with Crippen molar-refractivity contribution in [1.82, 2.24) is 20.2 Å². The van der Waals surface area contributed by atoms with Crippen LogP contribution in [0.15, 0.2) is 29.6 Å². The summed E-state index contributed by atoms with van der Waals surface area (Å²) in [6.07, 6.45) is 7.47. The van der Waals surface area contributed by atoms with Crippen molar-refractivity contribution in [2.24, 2.45) is 5.16 Å². The highest BCUT2D eigenvalue weighted by molar-refractivity contribution is 6.06. The number of halogens is 1. The van der Waals surface area contributed by atoms with Crippen LogP contribution in [0, 0.1) is 0 Å².